The molecule has 25 heavy (non-hydrogen) atoms. The van der Waals surface area contributed by atoms with Crippen molar-refractivity contribution in [2.45, 2.75) is 57.4 Å². The van der Waals surface area contributed by atoms with Crippen LogP contribution >= 0.6 is 0 Å². The van der Waals surface area contributed by atoms with Crippen LogP contribution in [0.3, 0.4) is 0 Å². The van der Waals surface area contributed by atoms with Gasteiger partial charge < -0.3 is 9.80 Å². The van der Waals surface area contributed by atoms with Crippen LogP contribution in [0.1, 0.15) is 57.1 Å². The number of hydrogen-bond donors (Lipinski definition) is 0. The number of nitrogens with zero attached hydrogens (tertiary/aromatic N) is 4. The van der Waals surface area contributed by atoms with Crippen molar-refractivity contribution in [2.75, 3.05) is 24.5 Å². The quantitative estimate of drug-likeness (QED) is 0.831. The van der Waals surface area contributed by atoms with Gasteiger partial charge in [0.05, 0.1) is 0 Å². The molecule has 0 unspecified atom stereocenters. The SMILES string of the molecule is N#Cc1cccc(N2CCC[C@]3(CCC(=O)N(C4CCCC4)C3)C2)n1. The molecule has 1 aliphatic carbocycles. The van der Waals surface area contributed by atoms with Gasteiger partial charge >= 0.3 is 0 Å². The van der Waals surface area contributed by atoms with E-state index in [2.05, 4.69) is 20.9 Å². The summed E-state index contributed by atoms with van der Waals surface area (Å²) in [6.45, 7) is 2.84. The van der Waals surface area contributed by atoms with Gasteiger partial charge in [0.15, 0.2) is 0 Å². The van der Waals surface area contributed by atoms with Crippen molar-refractivity contribution in [1.82, 2.24) is 9.88 Å². The molecule has 1 atom stereocenters. The molecule has 4 rings (SSSR count). The zero-order valence-electron chi connectivity index (χ0n) is 14.8. The van der Waals surface area contributed by atoms with E-state index in [0.717, 1.165) is 38.3 Å². The van der Waals surface area contributed by atoms with Crippen molar-refractivity contribution in [3.8, 4) is 6.07 Å². The molecule has 0 N–H and O–H groups in total. The van der Waals surface area contributed by atoms with E-state index >= 15 is 0 Å². The van der Waals surface area contributed by atoms with E-state index in [9.17, 15) is 4.79 Å². The third kappa shape index (κ3) is 3.22. The van der Waals surface area contributed by atoms with Crippen molar-refractivity contribution < 1.29 is 4.79 Å². The minimum absolute atomic E-state index is 0.194. The summed E-state index contributed by atoms with van der Waals surface area (Å²) in [5.41, 5.74) is 0.669. The molecule has 0 bridgehead atoms. The molecular weight excluding hydrogens is 312 g/mol. The number of piperidine rings is 2. The van der Waals surface area contributed by atoms with Gasteiger partial charge in [-0.3, -0.25) is 4.79 Å². The molecule has 1 amide bonds. The number of nitriles is 1. The molecule has 2 aliphatic heterocycles. The summed E-state index contributed by atoms with van der Waals surface area (Å²) in [6, 6.07) is 8.28. The Morgan fingerprint density at radius 2 is 2.00 bits per heavy atom. The first kappa shape index (κ1) is 16.4. The fourth-order valence-corrected chi connectivity index (χ4v) is 4.99. The lowest BCUT2D eigenvalue weighted by Gasteiger charge is -2.50. The molecule has 5 heteroatoms. The summed E-state index contributed by atoms with van der Waals surface area (Å²) >= 11 is 0. The lowest BCUT2D eigenvalue weighted by Crippen LogP contribution is -2.56. The lowest BCUT2D eigenvalue weighted by molar-refractivity contribution is -0.140. The maximum absolute atomic E-state index is 12.5. The highest BCUT2D eigenvalue weighted by Crippen LogP contribution is 2.41. The van der Waals surface area contributed by atoms with Gasteiger partial charge in [0.1, 0.15) is 17.6 Å². The summed E-state index contributed by atoms with van der Waals surface area (Å²) in [5, 5.41) is 9.11. The predicted molar refractivity (Wildman–Crippen MR) is 96.0 cm³/mol. The summed E-state index contributed by atoms with van der Waals surface area (Å²) < 4.78 is 0. The van der Waals surface area contributed by atoms with Crippen molar-refractivity contribution in [3.05, 3.63) is 23.9 Å². The monoisotopic (exact) mass is 338 g/mol. The van der Waals surface area contributed by atoms with E-state index in [4.69, 9.17) is 5.26 Å². The van der Waals surface area contributed by atoms with Crippen LogP contribution in [-0.4, -0.2) is 41.5 Å². The standard InChI is InChI=1S/C20H26N4O/c21-13-16-5-3-8-18(22-16)23-12-4-10-20(14-23)11-9-19(25)24(15-20)17-6-1-2-7-17/h3,5,8,17H,1-2,4,6-7,9-12,14-15H2/t20-/m0/s1. The molecule has 1 saturated carbocycles. The number of aromatic nitrogens is 1. The van der Waals surface area contributed by atoms with E-state index in [1.165, 1.54) is 32.1 Å². The van der Waals surface area contributed by atoms with E-state index in [1.807, 2.05) is 12.1 Å². The van der Waals surface area contributed by atoms with Crippen LogP contribution in [0.5, 0.6) is 0 Å². The highest BCUT2D eigenvalue weighted by atomic mass is 16.2. The summed E-state index contributed by atoms with van der Waals surface area (Å²) in [4.78, 5) is 21.5. The van der Waals surface area contributed by atoms with Crippen LogP contribution in [0, 0.1) is 16.7 Å². The largest absolute Gasteiger partial charge is 0.356 e. The van der Waals surface area contributed by atoms with Gasteiger partial charge in [-0.2, -0.15) is 5.26 Å². The van der Waals surface area contributed by atoms with Gasteiger partial charge in [0.2, 0.25) is 5.91 Å². The number of anilines is 1. The van der Waals surface area contributed by atoms with Crippen LogP contribution in [0.15, 0.2) is 18.2 Å². The minimum Gasteiger partial charge on any atom is -0.356 e. The molecule has 1 aromatic rings. The Morgan fingerprint density at radius 3 is 2.80 bits per heavy atom. The first-order valence-electron chi connectivity index (χ1n) is 9.61. The minimum atomic E-state index is 0.194. The molecule has 5 nitrogen and oxygen atoms in total. The predicted octanol–water partition coefficient (Wildman–Crippen LogP) is 3.10. The number of rotatable bonds is 2. The fourth-order valence-electron chi connectivity index (χ4n) is 4.99. The lowest BCUT2D eigenvalue weighted by atomic mass is 9.73. The second-order valence-electron chi connectivity index (χ2n) is 7.98. The van der Waals surface area contributed by atoms with Crippen molar-refractivity contribution >= 4 is 11.7 Å². The number of hydrogen-bond acceptors (Lipinski definition) is 4. The van der Waals surface area contributed by atoms with E-state index in [1.54, 1.807) is 6.07 Å². The molecule has 1 aromatic heterocycles. The van der Waals surface area contributed by atoms with Crippen molar-refractivity contribution in [2.24, 2.45) is 5.41 Å². The fraction of sp³-hybridized carbons (Fsp3) is 0.650. The van der Waals surface area contributed by atoms with Gasteiger partial charge in [-0.25, -0.2) is 4.98 Å². The van der Waals surface area contributed by atoms with Crippen LogP contribution in [-0.2, 0) is 4.79 Å². The smallest absolute Gasteiger partial charge is 0.222 e. The molecule has 3 fully saturated rings. The van der Waals surface area contributed by atoms with Gasteiger partial charge in [-0.05, 0) is 44.2 Å². The van der Waals surface area contributed by atoms with Crippen molar-refractivity contribution in [1.29, 1.82) is 5.26 Å². The Balaban J connectivity index is 1.53. The summed E-state index contributed by atoms with van der Waals surface area (Å²) in [5.74, 6) is 1.27. The highest BCUT2D eigenvalue weighted by Gasteiger charge is 2.44. The number of amides is 1. The average Bonchev–Trinajstić information content (AvgIpc) is 3.19. The first-order valence-corrected chi connectivity index (χ1v) is 9.61. The van der Waals surface area contributed by atoms with Gasteiger partial charge in [-0.1, -0.05) is 18.9 Å². The summed E-state index contributed by atoms with van der Waals surface area (Å²) in [6.07, 6.45) is 8.88. The van der Waals surface area contributed by atoms with Crippen LogP contribution in [0.4, 0.5) is 5.82 Å². The topological polar surface area (TPSA) is 60.2 Å². The highest BCUT2D eigenvalue weighted by molar-refractivity contribution is 5.77. The molecule has 1 spiro atoms. The molecule has 0 radical (unpaired) electrons. The average molecular weight is 338 g/mol. The van der Waals surface area contributed by atoms with E-state index in [-0.39, 0.29) is 5.41 Å². The van der Waals surface area contributed by atoms with Crippen LogP contribution < -0.4 is 4.90 Å². The Hall–Kier alpha value is -2.09. The number of carbonyl (C=O) groups excluding carboxylic acids is 1. The molecule has 2 saturated heterocycles. The number of likely N-dealkylation sites (tertiary alicyclic amines) is 1. The zero-order valence-corrected chi connectivity index (χ0v) is 14.8. The molecular formula is C20H26N4O. The van der Waals surface area contributed by atoms with Crippen LogP contribution in [0.2, 0.25) is 0 Å². The molecule has 3 heterocycles. The molecule has 0 aromatic carbocycles. The normalized spacial score (nSPS) is 27.7. The third-order valence-electron chi connectivity index (χ3n) is 6.30. The maximum Gasteiger partial charge on any atom is 0.222 e. The van der Waals surface area contributed by atoms with E-state index in [0.29, 0.717) is 24.1 Å². The molecule has 3 aliphatic rings. The zero-order chi connectivity index (χ0) is 17.3. The maximum atomic E-state index is 12.5. The van der Waals surface area contributed by atoms with E-state index < -0.39 is 0 Å². The van der Waals surface area contributed by atoms with Gasteiger partial charge in [0.25, 0.3) is 0 Å². The molecule has 132 valence electrons. The summed E-state index contributed by atoms with van der Waals surface area (Å²) in [7, 11) is 0. The second kappa shape index (κ2) is 6.67. The Bertz CT molecular complexity index is 691. The van der Waals surface area contributed by atoms with Crippen LogP contribution in [0.25, 0.3) is 0 Å². The van der Waals surface area contributed by atoms with Gasteiger partial charge in [-0.15, -0.1) is 0 Å². The second-order valence-corrected chi connectivity index (χ2v) is 7.98. The Kier molecular flexibility index (Phi) is 4.37. The Morgan fingerprint density at radius 1 is 1.16 bits per heavy atom. The Labute approximate surface area is 149 Å². The van der Waals surface area contributed by atoms with Crippen molar-refractivity contribution in [3.63, 3.8) is 0 Å². The van der Waals surface area contributed by atoms with Gasteiger partial charge in [0, 0.05) is 37.5 Å². The third-order valence-corrected chi connectivity index (χ3v) is 6.30. The number of carbonyl (C=O) groups is 1. The number of pyridine rings is 1. The first-order chi connectivity index (χ1) is 12.2.